The first-order chi connectivity index (χ1) is 8.61. The summed E-state index contributed by atoms with van der Waals surface area (Å²) in [5.41, 5.74) is 1.49. The van der Waals surface area contributed by atoms with Crippen LogP contribution in [0.1, 0.15) is 37.3 Å². The molecule has 1 fully saturated rings. The number of hydrogen-bond donors (Lipinski definition) is 1. The summed E-state index contributed by atoms with van der Waals surface area (Å²) < 4.78 is 0. The lowest BCUT2D eigenvalue weighted by Gasteiger charge is -2.36. The van der Waals surface area contributed by atoms with Crippen LogP contribution in [0.15, 0.2) is 11.4 Å². The molecule has 0 radical (unpaired) electrons. The summed E-state index contributed by atoms with van der Waals surface area (Å²) in [5, 5.41) is 8.27. The van der Waals surface area contributed by atoms with Gasteiger partial charge in [0.25, 0.3) is 0 Å². The summed E-state index contributed by atoms with van der Waals surface area (Å²) >= 11 is 6.17. The molecule has 0 aliphatic carbocycles. The van der Waals surface area contributed by atoms with Gasteiger partial charge in [0.05, 0.1) is 0 Å². The minimum Gasteiger partial charge on any atom is -0.309 e. The van der Waals surface area contributed by atoms with Crippen molar-refractivity contribution in [1.29, 1.82) is 0 Å². The molecule has 1 aliphatic heterocycles. The van der Waals surface area contributed by atoms with E-state index in [2.05, 4.69) is 68.0 Å². The molecule has 0 amide bonds. The van der Waals surface area contributed by atoms with E-state index in [1.54, 1.807) is 0 Å². The van der Waals surface area contributed by atoms with E-state index < -0.39 is 0 Å². The Bertz CT molecular complexity index is 377. The summed E-state index contributed by atoms with van der Waals surface area (Å²) in [7, 11) is 0. The van der Waals surface area contributed by atoms with Gasteiger partial charge in [0.2, 0.25) is 0 Å². The van der Waals surface area contributed by atoms with Gasteiger partial charge < -0.3 is 5.32 Å². The van der Waals surface area contributed by atoms with Crippen molar-refractivity contribution < 1.29 is 0 Å². The Hall–Kier alpha value is 0.360. The van der Waals surface area contributed by atoms with Crippen molar-refractivity contribution in [2.45, 2.75) is 49.5 Å². The van der Waals surface area contributed by atoms with Gasteiger partial charge >= 0.3 is 0 Å². The molecular formula is C14H23NS3. The Morgan fingerprint density at radius 3 is 2.72 bits per heavy atom. The topological polar surface area (TPSA) is 12.0 Å². The highest BCUT2D eigenvalue weighted by Gasteiger charge is 2.31. The molecule has 102 valence electrons. The van der Waals surface area contributed by atoms with Gasteiger partial charge in [-0.25, -0.2) is 0 Å². The molecular weight excluding hydrogens is 278 g/mol. The Labute approximate surface area is 124 Å². The largest absolute Gasteiger partial charge is 0.309 e. The summed E-state index contributed by atoms with van der Waals surface area (Å²) in [4.78, 5) is 1.42. The van der Waals surface area contributed by atoms with Crippen LogP contribution in [-0.2, 0) is 0 Å². The molecule has 4 atom stereocenters. The third-order valence-corrected chi connectivity index (χ3v) is 7.85. The van der Waals surface area contributed by atoms with E-state index in [4.69, 9.17) is 0 Å². The van der Waals surface area contributed by atoms with Crippen molar-refractivity contribution in [2.75, 3.05) is 12.3 Å². The smallest absolute Gasteiger partial charge is 0.0457 e. The van der Waals surface area contributed by atoms with Gasteiger partial charge in [-0.2, -0.15) is 23.5 Å². The molecule has 0 spiro atoms. The van der Waals surface area contributed by atoms with Gasteiger partial charge in [0, 0.05) is 32.4 Å². The second kappa shape index (κ2) is 6.69. The predicted octanol–water partition coefficient (Wildman–Crippen LogP) is 4.33. The lowest BCUT2D eigenvalue weighted by atomic mass is 10.1. The molecule has 1 N–H and O–H groups in total. The second-order valence-corrected chi connectivity index (χ2v) is 9.09. The molecule has 1 saturated heterocycles. The summed E-state index contributed by atoms with van der Waals surface area (Å²) in [6.45, 7) is 10.2. The van der Waals surface area contributed by atoms with Crippen LogP contribution < -0.4 is 5.32 Å². The third kappa shape index (κ3) is 3.47. The first-order valence-corrected chi connectivity index (χ1v) is 9.54. The van der Waals surface area contributed by atoms with Crippen molar-refractivity contribution in [3.8, 4) is 0 Å². The number of hydrogen-bond acceptors (Lipinski definition) is 4. The highest BCUT2D eigenvalue weighted by atomic mass is 32.2. The summed E-state index contributed by atoms with van der Waals surface area (Å²) in [6.07, 6.45) is 0. The monoisotopic (exact) mass is 301 g/mol. The van der Waals surface area contributed by atoms with Gasteiger partial charge in [0.1, 0.15) is 0 Å². The van der Waals surface area contributed by atoms with Crippen LogP contribution >= 0.6 is 34.9 Å². The highest BCUT2D eigenvalue weighted by Crippen LogP contribution is 2.41. The van der Waals surface area contributed by atoms with E-state index in [9.17, 15) is 0 Å². The Balaban J connectivity index is 2.10. The number of thioether (sulfide) groups is 2. The van der Waals surface area contributed by atoms with E-state index in [1.807, 2.05) is 11.3 Å². The van der Waals surface area contributed by atoms with E-state index in [0.29, 0.717) is 11.3 Å². The normalized spacial score (nSPS) is 30.3. The lowest BCUT2D eigenvalue weighted by molar-refractivity contribution is 0.549. The third-order valence-electron chi connectivity index (χ3n) is 3.48. The second-order valence-electron chi connectivity index (χ2n) is 4.94. The maximum absolute atomic E-state index is 3.69. The molecule has 1 nitrogen and oxygen atoms in total. The average molecular weight is 302 g/mol. The number of nitrogens with one attached hydrogen (secondary N) is 1. The Kier molecular flexibility index (Phi) is 5.48. The SMILES string of the molecule is CCNC(c1csc(C)c1)C1CSC(C)C(C)S1. The predicted molar refractivity (Wildman–Crippen MR) is 88.2 cm³/mol. The molecule has 4 heteroatoms. The van der Waals surface area contributed by atoms with Crippen molar-refractivity contribution in [2.24, 2.45) is 0 Å². The van der Waals surface area contributed by atoms with Crippen LogP contribution in [0.2, 0.25) is 0 Å². The fourth-order valence-corrected chi connectivity index (χ4v) is 6.15. The zero-order valence-corrected chi connectivity index (χ0v) is 14.1. The van der Waals surface area contributed by atoms with Crippen LogP contribution in [0.5, 0.6) is 0 Å². The minimum absolute atomic E-state index is 0.521. The zero-order chi connectivity index (χ0) is 13.1. The first kappa shape index (κ1) is 14.8. The fourth-order valence-electron chi connectivity index (χ4n) is 2.29. The van der Waals surface area contributed by atoms with E-state index in [-0.39, 0.29) is 0 Å². The first-order valence-electron chi connectivity index (χ1n) is 6.67. The number of thiophene rings is 1. The zero-order valence-electron chi connectivity index (χ0n) is 11.6. The molecule has 2 heterocycles. The van der Waals surface area contributed by atoms with Gasteiger partial charge in [-0.05, 0) is 30.5 Å². The molecule has 4 unspecified atom stereocenters. The maximum Gasteiger partial charge on any atom is 0.0457 e. The van der Waals surface area contributed by atoms with Crippen LogP contribution in [0.3, 0.4) is 0 Å². The van der Waals surface area contributed by atoms with Crippen molar-refractivity contribution in [3.63, 3.8) is 0 Å². The number of aryl methyl sites for hydroxylation is 1. The average Bonchev–Trinajstić information content (AvgIpc) is 2.76. The molecule has 0 saturated carbocycles. The van der Waals surface area contributed by atoms with Crippen molar-refractivity contribution >= 4 is 34.9 Å². The molecule has 1 aromatic rings. The maximum atomic E-state index is 3.69. The van der Waals surface area contributed by atoms with Crippen LogP contribution in [0, 0.1) is 6.92 Å². The van der Waals surface area contributed by atoms with Crippen LogP contribution in [0.25, 0.3) is 0 Å². The van der Waals surface area contributed by atoms with Crippen molar-refractivity contribution in [3.05, 3.63) is 21.9 Å². The molecule has 0 aromatic carbocycles. The Morgan fingerprint density at radius 2 is 2.17 bits per heavy atom. The summed E-state index contributed by atoms with van der Waals surface area (Å²) in [5.74, 6) is 1.27. The minimum atomic E-state index is 0.521. The van der Waals surface area contributed by atoms with Gasteiger partial charge in [0.15, 0.2) is 0 Å². The van der Waals surface area contributed by atoms with E-state index >= 15 is 0 Å². The molecule has 18 heavy (non-hydrogen) atoms. The van der Waals surface area contributed by atoms with Gasteiger partial charge in [-0.1, -0.05) is 20.8 Å². The van der Waals surface area contributed by atoms with Crippen molar-refractivity contribution in [1.82, 2.24) is 5.32 Å². The van der Waals surface area contributed by atoms with E-state index in [1.165, 1.54) is 16.2 Å². The Morgan fingerprint density at radius 1 is 1.39 bits per heavy atom. The lowest BCUT2D eigenvalue weighted by Crippen LogP contribution is -2.37. The standard InChI is InChI=1S/C14H23NS3/c1-5-15-14(12-6-9(2)16-7-12)13-8-17-10(3)11(4)18-13/h6-7,10-11,13-15H,5,8H2,1-4H3. The highest BCUT2D eigenvalue weighted by molar-refractivity contribution is 8.07. The molecule has 1 aliphatic rings. The molecule has 1 aromatic heterocycles. The fraction of sp³-hybridized carbons (Fsp3) is 0.714. The number of rotatable bonds is 4. The van der Waals surface area contributed by atoms with Crippen LogP contribution in [-0.4, -0.2) is 28.0 Å². The summed E-state index contributed by atoms with van der Waals surface area (Å²) in [6, 6.07) is 2.87. The molecule has 2 rings (SSSR count). The molecule has 0 bridgehead atoms. The van der Waals surface area contributed by atoms with Crippen LogP contribution in [0.4, 0.5) is 0 Å². The van der Waals surface area contributed by atoms with E-state index in [0.717, 1.165) is 17.0 Å². The van der Waals surface area contributed by atoms with Gasteiger partial charge in [-0.3, -0.25) is 0 Å². The van der Waals surface area contributed by atoms with Gasteiger partial charge in [-0.15, -0.1) is 11.3 Å². The quantitative estimate of drug-likeness (QED) is 0.889.